The molecule has 1 aromatic heterocycles. The van der Waals surface area contributed by atoms with Crippen LogP contribution in [0.4, 0.5) is 4.39 Å². The molecule has 0 aliphatic rings. The lowest BCUT2D eigenvalue weighted by molar-refractivity contribution is 0.0989. The number of hydrogen-bond donors (Lipinski definition) is 0. The number of thiophene rings is 1. The standard InChI is InChI=1S/C12H8ClFOS/c13-9-1-2-11(14)10(6-9)12(15)5-8-3-4-16-7-8/h1-4,6-7H,5H2. The summed E-state index contributed by atoms with van der Waals surface area (Å²) in [7, 11) is 0. The summed E-state index contributed by atoms with van der Waals surface area (Å²) in [5.74, 6) is -0.775. The Morgan fingerprint density at radius 3 is 2.88 bits per heavy atom. The van der Waals surface area contributed by atoms with Crippen molar-refractivity contribution in [2.24, 2.45) is 0 Å². The van der Waals surface area contributed by atoms with Gasteiger partial charge in [0, 0.05) is 11.4 Å². The smallest absolute Gasteiger partial charge is 0.170 e. The molecule has 82 valence electrons. The Bertz CT molecular complexity index is 508. The molecule has 0 spiro atoms. The highest BCUT2D eigenvalue weighted by atomic mass is 35.5. The lowest BCUT2D eigenvalue weighted by Gasteiger charge is -2.02. The van der Waals surface area contributed by atoms with Crippen LogP contribution in [0.2, 0.25) is 5.02 Å². The summed E-state index contributed by atoms with van der Waals surface area (Å²) in [5.41, 5.74) is 0.952. The van der Waals surface area contributed by atoms with Gasteiger partial charge in [0.2, 0.25) is 0 Å². The van der Waals surface area contributed by atoms with Gasteiger partial charge in [-0.2, -0.15) is 11.3 Å². The molecule has 0 N–H and O–H groups in total. The first-order valence-electron chi connectivity index (χ1n) is 4.66. The van der Waals surface area contributed by atoms with E-state index in [4.69, 9.17) is 11.6 Å². The molecule has 16 heavy (non-hydrogen) atoms. The van der Waals surface area contributed by atoms with E-state index in [0.717, 1.165) is 5.56 Å². The molecule has 4 heteroatoms. The van der Waals surface area contributed by atoms with Crippen LogP contribution in [0.1, 0.15) is 15.9 Å². The monoisotopic (exact) mass is 254 g/mol. The third-order valence-corrected chi connectivity index (χ3v) is 3.14. The fourth-order valence-corrected chi connectivity index (χ4v) is 2.23. The van der Waals surface area contributed by atoms with Gasteiger partial charge in [0.25, 0.3) is 0 Å². The minimum absolute atomic E-state index is 0.0544. The summed E-state index contributed by atoms with van der Waals surface area (Å²) < 4.78 is 13.4. The Balaban J connectivity index is 2.24. The van der Waals surface area contributed by atoms with Crippen LogP contribution in [0, 0.1) is 5.82 Å². The molecule has 0 fully saturated rings. The van der Waals surface area contributed by atoms with Crippen LogP contribution in [0.3, 0.4) is 0 Å². The van der Waals surface area contributed by atoms with Gasteiger partial charge in [0.1, 0.15) is 5.82 Å². The number of hydrogen-bond acceptors (Lipinski definition) is 2. The molecule has 0 atom stereocenters. The molecule has 0 unspecified atom stereocenters. The van der Waals surface area contributed by atoms with Gasteiger partial charge in [0.05, 0.1) is 5.56 Å². The Labute approximate surface area is 101 Å². The van der Waals surface area contributed by atoms with Gasteiger partial charge in [-0.05, 0) is 40.6 Å². The second-order valence-electron chi connectivity index (χ2n) is 3.36. The fraction of sp³-hybridized carbons (Fsp3) is 0.0833. The topological polar surface area (TPSA) is 17.1 Å². The van der Waals surface area contributed by atoms with Crippen molar-refractivity contribution in [3.63, 3.8) is 0 Å². The van der Waals surface area contributed by atoms with E-state index < -0.39 is 5.82 Å². The highest BCUT2D eigenvalue weighted by Crippen LogP contribution is 2.17. The molecule has 0 saturated carbocycles. The largest absolute Gasteiger partial charge is 0.294 e. The predicted molar refractivity (Wildman–Crippen MR) is 63.8 cm³/mol. The number of halogens is 2. The van der Waals surface area contributed by atoms with E-state index in [1.807, 2.05) is 16.8 Å². The van der Waals surface area contributed by atoms with Crippen LogP contribution in [-0.2, 0) is 6.42 Å². The molecular formula is C12H8ClFOS. The average Bonchev–Trinajstić information content (AvgIpc) is 2.74. The zero-order chi connectivity index (χ0) is 11.5. The minimum atomic E-state index is -0.523. The van der Waals surface area contributed by atoms with Gasteiger partial charge in [-0.25, -0.2) is 4.39 Å². The van der Waals surface area contributed by atoms with Crippen LogP contribution in [-0.4, -0.2) is 5.78 Å². The van der Waals surface area contributed by atoms with Crippen molar-refractivity contribution in [1.29, 1.82) is 0 Å². The van der Waals surface area contributed by atoms with Gasteiger partial charge in [-0.15, -0.1) is 0 Å². The zero-order valence-corrected chi connectivity index (χ0v) is 9.82. The van der Waals surface area contributed by atoms with Crippen molar-refractivity contribution in [1.82, 2.24) is 0 Å². The van der Waals surface area contributed by atoms with E-state index in [9.17, 15) is 9.18 Å². The van der Waals surface area contributed by atoms with E-state index >= 15 is 0 Å². The van der Waals surface area contributed by atoms with Crippen molar-refractivity contribution in [2.45, 2.75) is 6.42 Å². The van der Waals surface area contributed by atoms with Gasteiger partial charge >= 0.3 is 0 Å². The second-order valence-corrected chi connectivity index (χ2v) is 4.57. The maximum absolute atomic E-state index is 13.4. The highest BCUT2D eigenvalue weighted by Gasteiger charge is 2.12. The summed E-state index contributed by atoms with van der Waals surface area (Å²) in [5, 5.41) is 4.13. The summed E-state index contributed by atoms with van der Waals surface area (Å²) >= 11 is 7.24. The molecule has 1 nitrogen and oxygen atoms in total. The van der Waals surface area contributed by atoms with Gasteiger partial charge in [-0.3, -0.25) is 4.79 Å². The predicted octanol–water partition coefficient (Wildman–Crippen LogP) is 3.97. The first-order chi connectivity index (χ1) is 7.66. The molecule has 0 bridgehead atoms. The summed E-state index contributed by atoms with van der Waals surface area (Å²) in [6.45, 7) is 0. The third kappa shape index (κ3) is 2.49. The van der Waals surface area contributed by atoms with Crippen molar-refractivity contribution in [3.05, 3.63) is 57.0 Å². The molecule has 1 heterocycles. The number of carbonyl (C=O) groups excluding carboxylic acids is 1. The first-order valence-corrected chi connectivity index (χ1v) is 5.98. The van der Waals surface area contributed by atoms with Crippen molar-refractivity contribution >= 4 is 28.7 Å². The summed E-state index contributed by atoms with van der Waals surface area (Å²) in [4.78, 5) is 11.8. The van der Waals surface area contributed by atoms with E-state index in [1.54, 1.807) is 0 Å². The molecule has 0 radical (unpaired) electrons. The van der Waals surface area contributed by atoms with Crippen LogP contribution < -0.4 is 0 Å². The number of carbonyl (C=O) groups is 1. The summed E-state index contributed by atoms with van der Waals surface area (Å²) in [6.07, 6.45) is 0.209. The first kappa shape index (κ1) is 11.3. The fourth-order valence-electron chi connectivity index (χ4n) is 1.39. The Morgan fingerprint density at radius 1 is 1.38 bits per heavy atom. The van der Waals surface area contributed by atoms with Crippen LogP contribution in [0.25, 0.3) is 0 Å². The van der Waals surface area contributed by atoms with E-state index in [-0.39, 0.29) is 17.8 Å². The van der Waals surface area contributed by atoms with Crippen LogP contribution >= 0.6 is 22.9 Å². The van der Waals surface area contributed by atoms with Gasteiger partial charge < -0.3 is 0 Å². The van der Waals surface area contributed by atoms with Crippen molar-refractivity contribution < 1.29 is 9.18 Å². The van der Waals surface area contributed by atoms with Crippen LogP contribution in [0.5, 0.6) is 0 Å². The Kier molecular flexibility index (Phi) is 3.36. The molecule has 2 aromatic rings. The third-order valence-electron chi connectivity index (χ3n) is 2.17. The molecule has 2 rings (SSSR count). The van der Waals surface area contributed by atoms with E-state index in [0.29, 0.717) is 5.02 Å². The minimum Gasteiger partial charge on any atom is -0.294 e. The Morgan fingerprint density at radius 2 is 2.19 bits per heavy atom. The highest BCUT2D eigenvalue weighted by molar-refractivity contribution is 7.08. The van der Waals surface area contributed by atoms with Crippen molar-refractivity contribution in [2.75, 3.05) is 0 Å². The van der Waals surface area contributed by atoms with E-state index in [1.165, 1.54) is 29.5 Å². The van der Waals surface area contributed by atoms with Gasteiger partial charge in [0.15, 0.2) is 5.78 Å². The number of benzene rings is 1. The SMILES string of the molecule is O=C(Cc1ccsc1)c1cc(Cl)ccc1F. The maximum atomic E-state index is 13.4. The quantitative estimate of drug-likeness (QED) is 0.758. The summed E-state index contributed by atoms with van der Waals surface area (Å²) in [6, 6.07) is 5.86. The normalized spacial score (nSPS) is 10.4. The maximum Gasteiger partial charge on any atom is 0.170 e. The number of ketones is 1. The molecule has 0 aliphatic heterocycles. The molecular weight excluding hydrogens is 247 g/mol. The molecule has 0 aliphatic carbocycles. The van der Waals surface area contributed by atoms with Gasteiger partial charge in [-0.1, -0.05) is 11.6 Å². The van der Waals surface area contributed by atoms with Crippen molar-refractivity contribution in [3.8, 4) is 0 Å². The molecule has 0 amide bonds. The lowest BCUT2D eigenvalue weighted by Crippen LogP contribution is -2.05. The molecule has 1 aromatic carbocycles. The lowest BCUT2D eigenvalue weighted by atomic mass is 10.0. The van der Waals surface area contributed by atoms with Crippen LogP contribution in [0.15, 0.2) is 35.0 Å². The average molecular weight is 255 g/mol. The number of Topliss-reactive ketones (excluding diaryl/α,β-unsaturated/α-hetero) is 1. The second kappa shape index (κ2) is 4.76. The molecule has 0 saturated heterocycles. The number of rotatable bonds is 3. The van der Waals surface area contributed by atoms with E-state index in [2.05, 4.69) is 0 Å². The zero-order valence-electron chi connectivity index (χ0n) is 8.24. The Hall–Kier alpha value is -1.19.